The summed E-state index contributed by atoms with van der Waals surface area (Å²) in [6, 6.07) is 10.5. The highest BCUT2D eigenvalue weighted by molar-refractivity contribution is 6.03. The molecule has 218 valence electrons. The van der Waals surface area contributed by atoms with Crippen LogP contribution in [0, 0.1) is 17.8 Å². The summed E-state index contributed by atoms with van der Waals surface area (Å²) >= 11 is 0. The number of carbonyl (C=O) groups excluding carboxylic acids is 2. The fourth-order valence-corrected chi connectivity index (χ4v) is 7.30. The fraction of sp³-hybridized carbons (Fsp3) is 0.594. The molecular weight excluding hydrogens is 522 g/mol. The van der Waals surface area contributed by atoms with Gasteiger partial charge in [0.25, 0.3) is 5.91 Å². The zero-order valence-corrected chi connectivity index (χ0v) is 23.9. The number of benzene rings is 1. The zero-order chi connectivity index (χ0) is 28.3. The normalized spacial score (nSPS) is 34.3. The van der Waals surface area contributed by atoms with Gasteiger partial charge in [-0.3, -0.25) is 19.5 Å². The molecule has 4 aliphatic heterocycles. The quantitative estimate of drug-likeness (QED) is 0.572. The van der Waals surface area contributed by atoms with E-state index in [-0.39, 0.29) is 47.9 Å². The van der Waals surface area contributed by atoms with Crippen LogP contribution in [0.2, 0.25) is 0 Å². The van der Waals surface area contributed by atoms with Crippen molar-refractivity contribution in [1.29, 1.82) is 0 Å². The molecule has 7 rings (SSSR count). The molecule has 0 radical (unpaired) electrons. The van der Waals surface area contributed by atoms with E-state index in [1.165, 1.54) is 0 Å². The topological polar surface area (TPSA) is 99.2 Å². The van der Waals surface area contributed by atoms with Crippen LogP contribution in [0.5, 0.6) is 0 Å². The highest BCUT2D eigenvalue weighted by Crippen LogP contribution is 2.47. The Morgan fingerprint density at radius 3 is 2.56 bits per heavy atom. The lowest BCUT2D eigenvalue weighted by Gasteiger charge is -2.36. The molecule has 0 spiro atoms. The van der Waals surface area contributed by atoms with Gasteiger partial charge >= 0.3 is 0 Å². The summed E-state index contributed by atoms with van der Waals surface area (Å²) in [5.74, 6) is 0.463. The summed E-state index contributed by atoms with van der Waals surface area (Å²) in [4.78, 5) is 34.7. The second-order valence-corrected chi connectivity index (χ2v) is 13.2. The lowest BCUT2D eigenvalue weighted by atomic mass is 9.79. The molecule has 5 fully saturated rings. The second-order valence-electron chi connectivity index (χ2n) is 13.2. The maximum absolute atomic E-state index is 14.4. The number of carbonyl (C=O) groups is 2. The second kappa shape index (κ2) is 10.5. The van der Waals surface area contributed by atoms with Gasteiger partial charge in [0.05, 0.1) is 25.4 Å². The minimum absolute atomic E-state index is 0.0555. The number of rotatable bonds is 6. The number of hydrogen-bond acceptors (Lipinski definition) is 7. The first kappa shape index (κ1) is 27.0. The molecule has 2 amide bonds. The van der Waals surface area contributed by atoms with E-state index in [4.69, 9.17) is 18.9 Å². The van der Waals surface area contributed by atoms with Crippen molar-refractivity contribution in [2.24, 2.45) is 17.8 Å². The molecule has 1 aliphatic carbocycles. The number of anilines is 1. The van der Waals surface area contributed by atoms with Gasteiger partial charge in [-0.05, 0) is 60.8 Å². The minimum atomic E-state index is -0.936. The highest BCUT2D eigenvalue weighted by Gasteiger charge is 2.54. The van der Waals surface area contributed by atoms with E-state index in [0.29, 0.717) is 42.7 Å². The summed E-state index contributed by atoms with van der Waals surface area (Å²) in [5.41, 5.74) is 2.36. The van der Waals surface area contributed by atoms with Gasteiger partial charge in [-0.2, -0.15) is 0 Å². The molecule has 2 bridgehead atoms. The standard InChI is InChI=1S/C32H39N3O6/c1-32(2,3)21-6-8-22(9-7-21)35(29(37)26-14-18-10-12-38-30(18)41-26)27(19-5-4-11-33-16-19)28(36)34-24-13-20-17-39-31-23(20)15-25(24)40-31/h4-9,11,16,18,20,23-27,30-31H,10,12-15,17H2,1-3H3,(H,34,36)/t18?,20-,23-,24?,25?,26?,27?,30?,31-/m1/s1. The van der Waals surface area contributed by atoms with Gasteiger partial charge in [0.15, 0.2) is 12.6 Å². The van der Waals surface area contributed by atoms with Crippen LogP contribution in [0.25, 0.3) is 0 Å². The van der Waals surface area contributed by atoms with Crippen LogP contribution >= 0.6 is 0 Å². The van der Waals surface area contributed by atoms with Gasteiger partial charge in [0.1, 0.15) is 12.1 Å². The predicted molar refractivity (Wildman–Crippen MR) is 150 cm³/mol. The molecule has 9 atom stereocenters. The van der Waals surface area contributed by atoms with Crippen LogP contribution in [0.1, 0.15) is 63.6 Å². The van der Waals surface area contributed by atoms with E-state index in [1.54, 1.807) is 23.4 Å². The third kappa shape index (κ3) is 4.96. The number of amides is 2. The third-order valence-electron chi connectivity index (χ3n) is 9.58. The summed E-state index contributed by atoms with van der Waals surface area (Å²) in [5, 5.41) is 3.29. The van der Waals surface area contributed by atoms with Crippen molar-refractivity contribution in [1.82, 2.24) is 10.3 Å². The van der Waals surface area contributed by atoms with E-state index in [0.717, 1.165) is 24.8 Å². The maximum atomic E-state index is 14.4. The monoisotopic (exact) mass is 561 g/mol. The SMILES string of the molecule is CC(C)(C)c1ccc(N(C(=O)C2CC3CCOC3O2)C(C(=O)NC2C[C@@H]3CO[C@@H]4OC2C[C@H]34)c2cccnc2)cc1. The Morgan fingerprint density at radius 2 is 1.83 bits per heavy atom. The molecule has 1 aromatic heterocycles. The first-order valence-corrected chi connectivity index (χ1v) is 14.9. The molecular formula is C32H39N3O6. The molecule has 4 saturated heterocycles. The summed E-state index contributed by atoms with van der Waals surface area (Å²) < 4.78 is 23.8. The number of nitrogens with one attached hydrogen (secondary N) is 1. The van der Waals surface area contributed by atoms with Crippen LogP contribution < -0.4 is 10.2 Å². The molecule has 9 nitrogen and oxygen atoms in total. The number of fused-ring (bicyclic) bond motifs is 2. The van der Waals surface area contributed by atoms with Gasteiger partial charge in [0, 0.05) is 35.5 Å². The first-order chi connectivity index (χ1) is 19.8. The van der Waals surface area contributed by atoms with E-state index < -0.39 is 12.1 Å². The molecule has 1 aromatic carbocycles. The highest BCUT2D eigenvalue weighted by atomic mass is 16.7. The number of hydrogen-bond donors (Lipinski definition) is 1. The van der Waals surface area contributed by atoms with Crippen molar-refractivity contribution in [3.63, 3.8) is 0 Å². The molecule has 9 heteroatoms. The predicted octanol–water partition coefficient (Wildman–Crippen LogP) is 3.87. The molecule has 5 aliphatic rings. The van der Waals surface area contributed by atoms with Crippen LogP contribution in [0.15, 0.2) is 48.8 Å². The van der Waals surface area contributed by atoms with Crippen LogP contribution in [0.4, 0.5) is 5.69 Å². The van der Waals surface area contributed by atoms with E-state index in [1.807, 2.05) is 30.3 Å². The average Bonchev–Trinajstić information content (AvgIpc) is 3.72. The van der Waals surface area contributed by atoms with Gasteiger partial charge < -0.3 is 24.3 Å². The van der Waals surface area contributed by atoms with Crippen molar-refractivity contribution >= 4 is 17.5 Å². The first-order valence-electron chi connectivity index (χ1n) is 14.9. The van der Waals surface area contributed by atoms with Gasteiger partial charge in [-0.1, -0.05) is 39.0 Å². The molecule has 2 aromatic rings. The van der Waals surface area contributed by atoms with E-state index in [2.05, 4.69) is 31.1 Å². The zero-order valence-electron chi connectivity index (χ0n) is 23.9. The number of pyridine rings is 1. The van der Waals surface area contributed by atoms with Crippen molar-refractivity contribution in [2.75, 3.05) is 18.1 Å². The van der Waals surface area contributed by atoms with Gasteiger partial charge in [-0.15, -0.1) is 0 Å². The van der Waals surface area contributed by atoms with Crippen molar-refractivity contribution in [3.8, 4) is 0 Å². The van der Waals surface area contributed by atoms with Gasteiger partial charge in [-0.25, -0.2) is 0 Å². The molecule has 6 unspecified atom stereocenters. The molecule has 1 saturated carbocycles. The van der Waals surface area contributed by atoms with Crippen molar-refractivity contribution in [3.05, 3.63) is 59.9 Å². The number of nitrogens with zero attached hydrogens (tertiary/aromatic N) is 2. The molecule has 1 N–H and O–H groups in total. The number of ether oxygens (including phenoxy) is 4. The van der Waals surface area contributed by atoms with Crippen LogP contribution in [-0.2, 0) is 34.0 Å². The summed E-state index contributed by atoms with van der Waals surface area (Å²) in [6.45, 7) is 7.76. The lowest BCUT2D eigenvalue weighted by Crippen LogP contribution is -2.53. The average molecular weight is 562 g/mol. The maximum Gasteiger partial charge on any atom is 0.257 e. The van der Waals surface area contributed by atoms with Gasteiger partial charge in [0.2, 0.25) is 5.91 Å². The Labute approximate surface area is 240 Å². The Morgan fingerprint density at radius 1 is 1.00 bits per heavy atom. The van der Waals surface area contributed by atoms with E-state index in [9.17, 15) is 9.59 Å². The Kier molecular flexibility index (Phi) is 6.89. The van der Waals surface area contributed by atoms with Crippen molar-refractivity contribution < 1.29 is 28.5 Å². The molecule has 5 heterocycles. The van der Waals surface area contributed by atoms with Crippen LogP contribution in [0.3, 0.4) is 0 Å². The fourth-order valence-electron chi connectivity index (χ4n) is 7.30. The Hall–Kier alpha value is -2.85. The smallest absolute Gasteiger partial charge is 0.257 e. The van der Waals surface area contributed by atoms with Crippen molar-refractivity contribution in [2.45, 2.75) is 88.7 Å². The lowest BCUT2D eigenvalue weighted by molar-refractivity contribution is -0.148. The van der Waals surface area contributed by atoms with Crippen LogP contribution in [-0.4, -0.2) is 60.8 Å². The molecule has 41 heavy (non-hydrogen) atoms. The minimum Gasteiger partial charge on any atom is -0.352 e. The van der Waals surface area contributed by atoms with E-state index >= 15 is 0 Å². The summed E-state index contributed by atoms with van der Waals surface area (Å²) in [7, 11) is 0. The largest absolute Gasteiger partial charge is 0.352 e. The Bertz CT molecular complexity index is 1270. The summed E-state index contributed by atoms with van der Waals surface area (Å²) in [6.07, 6.45) is 5.15. The number of aromatic nitrogens is 1. The Balaban J connectivity index is 1.24. The third-order valence-corrected chi connectivity index (χ3v) is 9.58.